The first-order valence-corrected chi connectivity index (χ1v) is 13.1. The van der Waals surface area contributed by atoms with Crippen LogP contribution in [0.25, 0.3) is 33.3 Å². The standard InChI is InChI=1S/C30H25ClFN5O2/c31-26-16-20(23-7-4-12-33-27(23)32)8-9-24(26)25-15-21-17-34-30(35-22-10-13-39-14-11-22)36-28(21)37(29(25)38)18-19-5-2-1-3-6-19/h1-9,12,15-17,22H,10-11,13-14,18H2,(H,34,35,36). The Labute approximate surface area is 229 Å². The zero-order valence-electron chi connectivity index (χ0n) is 21.0. The van der Waals surface area contributed by atoms with Gasteiger partial charge in [0.1, 0.15) is 5.65 Å². The van der Waals surface area contributed by atoms with Crippen LogP contribution in [-0.2, 0) is 11.3 Å². The molecule has 1 aliphatic rings. The van der Waals surface area contributed by atoms with Crippen molar-refractivity contribution in [2.75, 3.05) is 18.5 Å². The molecule has 39 heavy (non-hydrogen) atoms. The molecule has 0 radical (unpaired) electrons. The molecule has 0 spiro atoms. The van der Waals surface area contributed by atoms with E-state index in [1.54, 1.807) is 47.2 Å². The number of benzene rings is 2. The van der Waals surface area contributed by atoms with E-state index >= 15 is 0 Å². The summed E-state index contributed by atoms with van der Waals surface area (Å²) in [5.74, 6) is -0.108. The Morgan fingerprint density at radius 2 is 1.79 bits per heavy atom. The third-order valence-electron chi connectivity index (χ3n) is 6.89. The molecular formula is C30H25ClFN5O2. The van der Waals surface area contributed by atoms with Crippen LogP contribution in [0.15, 0.2) is 83.9 Å². The predicted octanol–water partition coefficient (Wildman–Crippen LogP) is 5.95. The van der Waals surface area contributed by atoms with Gasteiger partial charge in [0.05, 0.1) is 6.54 Å². The van der Waals surface area contributed by atoms with Gasteiger partial charge in [-0.3, -0.25) is 9.36 Å². The van der Waals surface area contributed by atoms with Crippen LogP contribution in [0.2, 0.25) is 5.02 Å². The molecule has 0 amide bonds. The number of ether oxygens (including phenoxy) is 1. The summed E-state index contributed by atoms with van der Waals surface area (Å²) in [5, 5.41) is 4.43. The second kappa shape index (κ2) is 10.9. The van der Waals surface area contributed by atoms with E-state index in [-0.39, 0.29) is 11.6 Å². The van der Waals surface area contributed by atoms with Crippen molar-refractivity contribution in [3.63, 3.8) is 0 Å². The Bertz CT molecular complexity index is 1700. The molecule has 1 N–H and O–H groups in total. The van der Waals surface area contributed by atoms with Gasteiger partial charge in [-0.1, -0.05) is 54.1 Å². The van der Waals surface area contributed by atoms with Crippen LogP contribution in [-0.4, -0.2) is 38.8 Å². The van der Waals surface area contributed by atoms with E-state index in [0.717, 1.165) is 18.4 Å². The number of pyridine rings is 2. The average Bonchev–Trinajstić information content (AvgIpc) is 2.96. The number of fused-ring (bicyclic) bond motifs is 1. The molecule has 7 nitrogen and oxygen atoms in total. The van der Waals surface area contributed by atoms with Crippen LogP contribution in [0.4, 0.5) is 10.3 Å². The molecule has 0 aliphatic carbocycles. The van der Waals surface area contributed by atoms with E-state index in [9.17, 15) is 9.18 Å². The first-order chi connectivity index (χ1) is 19.1. The molecule has 4 heterocycles. The van der Waals surface area contributed by atoms with Crippen molar-refractivity contribution in [3.05, 3.63) is 106 Å². The third-order valence-corrected chi connectivity index (χ3v) is 7.21. The first-order valence-electron chi connectivity index (χ1n) is 12.8. The Kier molecular flexibility index (Phi) is 7.04. The summed E-state index contributed by atoms with van der Waals surface area (Å²) >= 11 is 6.69. The molecule has 1 aliphatic heterocycles. The zero-order valence-corrected chi connectivity index (χ0v) is 21.7. The number of nitrogens with one attached hydrogen (secondary N) is 1. The first kappa shape index (κ1) is 25.2. The normalized spacial score (nSPS) is 14.0. The summed E-state index contributed by atoms with van der Waals surface area (Å²) in [6, 6.07) is 20.2. The maximum atomic E-state index is 14.3. The Hall–Kier alpha value is -4.14. The lowest BCUT2D eigenvalue weighted by Crippen LogP contribution is -2.29. The van der Waals surface area contributed by atoms with E-state index in [1.165, 1.54) is 6.20 Å². The summed E-state index contributed by atoms with van der Waals surface area (Å²) in [6.45, 7) is 1.72. The molecule has 2 aromatic carbocycles. The largest absolute Gasteiger partial charge is 0.381 e. The van der Waals surface area contributed by atoms with Gasteiger partial charge in [0.2, 0.25) is 11.9 Å². The van der Waals surface area contributed by atoms with Gasteiger partial charge in [-0.25, -0.2) is 9.97 Å². The topological polar surface area (TPSA) is 81.9 Å². The van der Waals surface area contributed by atoms with Crippen molar-refractivity contribution < 1.29 is 9.13 Å². The lowest BCUT2D eigenvalue weighted by molar-refractivity contribution is 0.0903. The van der Waals surface area contributed by atoms with Gasteiger partial charge in [0.15, 0.2) is 0 Å². The SMILES string of the molecule is O=c1c(-c2ccc(-c3cccnc3F)cc2Cl)cc2cnc(NC3CCOCC3)nc2n1Cc1ccccc1. The van der Waals surface area contributed by atoms with Crippen molar-refractivity contribution in [1.29, 1.82) is 0 Å². The summed E-state index contributed by atoms with van der Waals surface area (Å²) < 4.78 is 21.4. The van der Waals surface area contributed by atoms with Crippen molar-refractivity contribution in [2.24, 2.45) is 0 Å². The van der Waals surface area contributed by atoms with Gasteiger partial charge in [-0.2, -0.15) is 9.37 Å². The summed E-state index contributed by atoms with van der Waals surface area (Å²) in [7, 11) is 0. The Morgan fingerprint density at radius 1 is 0.974 bits per heavy atom. The maximum Gasteiger partial charge on any atom is 0.260 e. The number of rotatable bonds is 6. The van der Waals surface area contributed by atoms with Crippen LogP contribution < -0.4 is 10.9 Å². The van der Waals surface area contributed by atoms with Gasteiger partial charge >= 0.3 is 0 Å². The van der Waals surface area contributed by atoms with Gasteiger partial charge in [-0.05, 0) is 48.2 Å². The van der Waals surface area contributed by atoms with E-state index in [0.29, 0.717) is 64.0 Å². The maximum absolute atomic E-state index is 14.3. The van der Waals surface area contributed by atoms with Crippen LogP contribution in [0.5, 0.6) is 0 Å². The predicted molar refractivity (Wildman–Crippen MR) is 150 cm³/mol. The zero-order chi connectivity index (χ0) is 26.8. The molecule has 5 aromatic rings. The Balaban J connectivity index is 1.46. The number of nitrogens with zero attached hydrogens (tertiary/aromatic N) is 4. The average molecular weight is 542 g/mol. The van der Waals surface area contributed by atoms with Gasteiger partial charge in [0, 0.05) is 58.7 Å². The van der Waals surface area contributed by atoms with Crippen LogP contribution in [0, 0.1) is 5.95 Å². The smallest absolute Gasteiger partial charge is 0.260 e. The van der Waals surface area contributed by atoms with Gasteiger partial charge < -0.3 is 10.1 Å². The fraction of sp³-hybridized carbons (Fsp3) is 0.200. The van der Waals surface area contributed by atoms with Gasteiger partial charge in [-0.15, -0.1) is 0 Å². The minimum absolute atomic E-state index is 0.215. The Morgan fingerprint density at radius 3 is 2.56 bits per heavy atom. The van der Waals surface area contributed by atoms with E-state index in [1.807, 2.05) is 30.3 Å². The van der Waals surface area contributed by atoms with Gasteiger partial charge in [0.25, 0.3) is 5.56 Å². The molecule has 9 heteroatoms. The number of anilines is 1. The highest BCUT2D eigenvalue weighted by Gasteiger charge is 2.19. The molecule has 196 valence electrons. The number of hydrogen-bond donors (Lipinski definition) is 1. The molecule has 0 bridgehead atoms. The molecule has 0 atom stereocenters. The monoisotopic (exact) mass is 541 g/mol. The number of hydrogen-bond acceptors (Lipinski definition) is 6. The van der Waals surface area contributed by atoms with Crippen molar-refractivity contribution in [3.8, 4) is 22.3 Å². The molecule has 3 aromatic heterocycles. The summed E-state index contributed by atoms with van der Waals surface area (Å²) in [6.07, 6.45) is 4.86. The third kappa shape index (κ3) is 5.26. The fourth-order valence-electron chi connectivity index (χ4n) is 4.86. The highest BCUT2D eigenvalue weighted by Crippen LogP contribution is 2.32. The van der Waals surface area contributed by atoms with Crippen molar-refractivity contribution in [1.82, 2.24) is 19.5 Å². The molecule has 1 saturated heterocycles. The van der Waals surface area contributed by atoms with Crippen LogP contribution in [0.3, 0.4) is 0 Å². The fourth-order valence-corrected chi connectivity index (χ4v) is 5.14. The van der Waals surface area contributed by atoms with Crippen molar-refractivity contribution in [2.45, 2.75) is 25.4 Å². The molecule has 0 unspecified atom stereocenters. The van der Waals surface area contributed by atoms with E-state index in [2.05, 4.69) is 15.3 Å². The van der Waals surface area contributed by atoms with E-state index in [4.69, 9.17) is 21.3 Å². The van der Waals surface area contributed by atoms with Crippen molar-refractivity contribution >= 4 is 28.6 Å². The van der Waals surface area contributed by atoms with E-state index < -0.39 is 5.95 Å². The second-order valence-electron chi connectivity index (χ2n) is 9.47. The van der Waals surface area contributed by atoms with Crippen LogP contribution >= 0.6 is 11.6 Å². The summed E-state index contributed by atoms with van der Waals surface area (Å²) in [5.41, 5.74) is 3.13. The molecular weight excluding hydrogens is 517 g/mol. The quantitative estimate of drug-likeness (QED) is 0.267. The number of halogens is 2. The summed E-state index contributed by atoms with van der Waals surface area (Å²) in [4.78, 5) is 27.0. The highest BCUT2D eigenvalue weighted by molar-refractivity contribution is 6.33. The second-order valence-corrected chi connectivity index (χ2v) is 9.88. The molecule has 1 fully saturated rings. The minimum Gasteiger partial charge on any atom is -0.381 e. The number of aromatic nitrogens is 4. The van der Waals surface area contributed by atoms with Crippen LogP contribution in [0.1, 0.15) is 18.4 Å². The highest BCUT2D eigenvalue weighted by atomic mass is 35.5. The lowest BCUT2D eigenvalue weighted by atomic mass is 10.0. The molecule has 0 saturated carbocycles. The molecule has 6 rings (SSSR count). The lowest BCUT2D eigenvalue weighted by Gasteiger charge is -2.23. The minimum atomic E-state index is -0.584.